The van der Waals surface area contributed by atoms with Gasteiger partial charge in [0.1, 0.15) is 11.4 Å². The summed E-state index contributed by atoms with van der Waals surface area (Å²) in [6.07, 6.45) is 0.678. The standard InChI is InChI=1S/C14H16FNO2/c1-13(2)9-16(12(17)14(15)7-8-14)10-5-3-4-6-11(10)18-13/h3-6H,7-9H2,1-2H3. The molecule has 1 saturated carbocycles. The van der Waals surface area contributed by atoms with Gasteiger partial charge in [0, 0.05) is 0 Å². The van der Waals surface area contributed by atoms with Gasteiger partial charge in [-0.1, -0.05) is 12.1 Å². The van der Waals surface area contributed by atoms with Crippen molar-refractivity contribution < 1.29 is 13.9 Å². The molecular weight excluding hydrogens is 233 g/mol. The van der Waals surface area contributed by atoms with E-state index in [-0.39, 0.29) is 0 Å². The molecule has 3 nitrogen and oxygen atoms in total. The molecule has 0 saturated heterocycles. The Kier molecular flexibility index (Phi) is 2.22. The second kappa shape index (κ2) is 3.46. The molecule has 1 aromatic rings. The van der Waals surface area contributed by atoms with Crippen molar-refractivity contribution in [3.05, 3.63) is 24.3 Å². The molecule has 0 N–H and O–H groups in total. The van der Waals surface area contributed by atoms with Gasteiger partial charge >= 0.3 is 0 Å². The summed E-state index contributed by atoms with van der Waals surface area (Å²) in [5, 5.41) is 0. The van der Waals surface area contributed by atoms with Crippen LogP contribution in [0.25, 0.3) is 0 Å². The summed E-state index contributed by atoms with van der Waals surface area (Å²) in [7, 11) is 0. The van der Waals surface area contributed by atoms with E-state index in [4.69, 9.17) is 4.74 Å². The zero-order valence-electron chi connectivity index (χ0n) is 10.6. The molecule has 1 amide bonds. The van der Waals surface area contributed by atoms with Gasteiger partial charge in [-0.3, -0.25) is 4.79 Å². The molecule has 1 heterocycles. The minimum Gasteiger partial charge on any atom is -0.484 e. The third-order valence-corrected chi connectivity index (χ3v) is 3.40. The highest BCUT2D eigenvalue weighted by Crippen LogP contribution is 2.45. The van der Waals surface area contributed by atoms with E-state index in [1.165, 1.54) is 4.90 Å². The van der Waals surface area contributed by atoms with Crippen molar-refractivity contribution in [1.29, 1.82) is 0 Å². The number of hydrogen-bond donors (Lipinski definition) is 0. The lowest BCUT2D eigenvalue weighted by Crippen LogP contribution is -2.52. The number of alkyl halides is 1. The topological polar surface area (TPSA) is 29.5 Å². The zero-order valence-corrected chi connectivity index (χ0v) is 10.6. The number of fused-ring (bicyclic) bond motifs is 1. The fraction of sp³-hybridized carbons (Fsp3) is 0.500. The molecule has 4 heteroatoms. The van der Waals surface area contributed by atoms with Crippen LogP contribution < -0.4 is 9.64 Å². The Hall–Kier alpha value is -1.58. The third-order valence-electron chi connectivity index (χ3n) is 3.40. The first-order valence-electron chi connectivity index (χ1n) is 6.20. The molecule has 0 unspecified atom stereocenters. The lowest BCUT2D eigenvalue weighted by atomic mass is 10.0. The molecule has 1 aliphatic carbocycles. The molecule has 1 aromatic carbocycles. The van der Waals surface area contributed by atoms with Crippen molar-refractivity contribution in [2.75, 3.05) is 11.4 Å². The van der Waals surface area contributed by atoms with E-state index in [0.29, 0.717) is 30.8 Å². The number of amides is 1. The number of ether oxygens (including phenoxy) is 1. The van der Waals surface area contributed by atoms with Crippen LogP contribution in [0.15, 0.2) is 24.3 Å². The van der Waals surface area contributed by atoms with Gasteiger partial charge in [0.25, 0.3) is 5.91 Å². The Balaban J connectivity index is 2.01. The largest absolute Gasteiger partial charge is 0.484 e. The number of halogens is 1. The Bertz CT molecular complexity index is 508. The first-order valence-corrected chi connectivity index (χ1v) is 6.20. The minimum absolute atomic E-state index is 0.339. The fourth-order valence-corrected chi connectivity index (χ4v) is 2.31. The van der Waals surface area contributed by atoms with E-state index in [1.807, 2.05) is 32.0 Å². The molecule has 1 fully saturated rings. The van der Waals surface area contributed by atoms with Crippen LogP contribution in [0.3, 0.4) is 0 Å². The second-order valence-electron chi connectivity index (χ2n) is 5.69. The highest BCUT2D eigenvalue weighted by atomic mass is 19.1. The molecule has 96 valence electrons. The Morgan fingerprint density at radius 2 is 2.00 bits per heavy atom. The Labute approximate surface area is 106 Å². The summed E-state index contributed by atoms with van der Waals surface area (Å²) >= 11 is 0. The molecule has 18 heavy (non-hydrogen) atoms. The van der Waals surface area contributed by atoms with Gasteiger partial charge in [-0.05, 0) is 38.8 Å². The van der Waals surface area contributed by atoms with Crippen LogP contribution in [0, 0.1) is 0 Å². The smallest absolute Gasteiger partial charge is 0.264 e. The van der Waals surface area contributed by atoms with Crippen molar-refractivity contribution in [3.63, 3.8) is 0 Å². The van der Waals surface area contributed by atoms with Crippen molar-refractivity contribution >= 4 is 11.6 Å². The second-order valence-corrected chi connectivity index (χ2v) is 5.69. The van der Waals surface area contributed by atoms with Crippen molar-refractivity contribution in [3.8, 4) is 5.75 Å². The summed E-state index contributed by atoms with van der Waals surface area (Å²) in [6, 6.07) is 7.30. The predicted octanol–water partition coefficient (Wildman–Crippen LogP) is 2.69. The molecular formula is C14H16FNO2. The average molecular weight is 249 g/mol. The zero-order chi connectivity index (χ0) is 13.0. The quantitative estimate of drug-likeness (QED) is 0.765. The Morgan fingerprint density at radius 1 is 1.33 bits per heavy atom. The number of rotatable bonds is 1. The highest BCUT2D eigenvalue weighted by molar-refractivity contribution is 6.02. The maximum atomic E-state index is 14.0. The number of carbonyl (C=O) groups excluding carboxylic acids is 1. The minimum atomic E-state index is -1.64. The number of anilines is 1. The van der Waals surface area contributed by atoms with Crippen LogP contribution in [-0.2, 0) is 4.79 Å². The predicted molar refractivity (Wildman–Crippen MR) is 66.6 cm³/mol. The van der Waals surface area contributed by atoms with Gasteiger partial charge in [-0.25, -0.2) is 4.39 Å². The van der Waals surface area contributed by atoms with Crippen molar-refractivity contribution in [2.24, 2.45) is 0 Å². The normalized spacial score (nSPS) is 22.9. The van der Waals surface area contributed by atoms with E-state index < -0.39 is 17.2 Å². The average Bonchev–Trinajstić information content (AvgIpc) is 3.05. The van der Waals surface area contributed by atoms with Crippen molar-refractivity contribution in [2.45, 2.75) is 38.0 Å². The summed E-state index contributed by atoms with van der Waals surface area (Å²) in [4.78, 5) is 13.8. The summed E-state index contributed by atoms with van der Waals surface area (Å²) < 4.78 is 19.8. The summed E-state index contributed by atoms with van der Waals surface area (Å²) in [5.74, 6) is 0.220. The van der Waals surface area contributed by atoms with Crippen LogP contribution in [0.5, 0.6) is 5.75 Å². The SMILES string of the molecule is CC1(C)CN(C(=O)C2(F)CC2)c2ccccc2O1. The monoisotopic (exact) mass is 249 g/mol. The van der Waals surface area contributed by atoms with Gasteiger partial charge < -0.3 is 9.64 Å². The number of para-hydroxylation sites is 2. The van der Waals surface area contributed by atoms with E-state index in [0.717, 1.165) is 0 Å². The fourth-order valence-electron chi connectivity index (χ4n) is 2.31. The van der Waals surface area contributed by atoms with E-state index in [2.05, 4.69) is 0 Å². The first kappa shape index (κ1) is 11.5. The van der Waals surface area contributed by atoms with E-state index in [1.54, 1.807) is 6.07 Å². The van der Waals surface area contributed by atoms with E-state index >= 15 is 0 Å². The number of carbonyl (C=O) groups is 1. The van der Waals surface area contributed by atoms with Crippen LogP contribution in [0.4, 0.5) is 10.1 Å². The maximum Gasteiger partial charge on any atom is 0.264 e. The summed E-state index contributed by atoms with van der Waals surface area (Å²) in [5.41, 5.74) is -1.46. The van der Waals surface area contributed by atoms with Gasteiger partial charge in [0.05, 0.1) is 12.2 Å². The molecule has 0 radical (unpaired) electrons. The molecule has 0 spiro atoms. The number of hydrogen-bond acceptors (Lipinski definition) is 2. The third kappa shape index (κ3) is 1.76. The first-order chi connectivity index (χ1) is 8.41. The lowest BCUT2D eigenvalue weighted by Gasteiger charge is -2.40. The number of benzene rings is 1. The van der Waals surface area contributed by atoms with Crippen molar-refractivity contribution in [1.82, 2.24) is 0 Å². The lowest BCUT2D eigenvalue weighted by molar-refractivity contribution is -0.125. The molecule has 0 aromatic heterocycles. The van der Waals surface area contributed by atoms with Crippen LogP contribution in [0.1, 0.15) is 26.7 Å². The number of nitrogens with zero attached hydrogens (tertiary/aromatic N) is 1. The molecule has 0 atom stereocenters. The van der Waals surface area contributed by atoms with Gasteiger partial charge in [-0.15, -0.1) is 0 Å². The van der Waals surface area contributed by atoms with Crippen LogP contribution in [-0.4, -0.2) is 23.7 Å². The van der Waals surface area contributed by atoms with Gasteiger partial charge in [0.15, 0.2) is 5.67 Å². The van der Waals surface area contributed by atoms with Gasteiger partial charge in [0.2, 0.25) is 0 Å². The van der Waals surface area contributed by atoms with E-state index in [9.17, 15) is 9.18 Å². The summed E-state index contributed by atoms with van der Waals surface area (Å²) in [6.45, 7) is 4.19. The van der Waals surface area contributed by atoms with Crippen LogP contribution >= 0.6 is 0 Å². The maximum absolute atomic E-state index is 14.0. The molecule has 3 rings (SSSR count). The highest BCUT2D eigenvalue weighted by Gasteiger charge is 2.54. The Morgan fingerprint density at radius 3 is 2.67 bits per heavy atom. The van der Waals surface area contributed by atoms with Crippen LogP contribution in [0.2, 0.25) is 0 Å². The van der Waals surface area contributed by atoms with Gasteiger partial charge in [-0.2, -0.15) is 0 Å². The molecule has 0 bridgehead atoms. The molecule has 2 aliphatic rings. The molecule has 1 aliphatic heterocycles.